The summed E-state index contributed by atoms with van der Waals surface area (Å²) in [5.41, 5.74) is 6.27. The highest BCUT2D eigenvalue weighted by atomic mass is 32.1. The zero-order valence-electron chi connectivity index (χ0n) is 18.1. The maximum absolute atomic E-state index is 13.0. The first-order chi connectivity index (χ1) is 15.6. The van der Waals surface area contributed by atoms with E-state index in [4.69, 9.17) is 14.6 Å². The van der Waals surface area contributed by atoms with Gasteiger partial charge in [0.15, 0.2) is 11.5 Å². The second-order valence-corrected chi connectivity index (χ2v) is 8.70. The summed E-state index contributed by atoms with van der Waals surface area (Å²) in [5, 5.41) is 7.79. The maximum Gasteiger partial charge on any atom is 0.265 e. The Morgan fingerprint density at radius 2 is 1.81 bits per heavy atom. The lowest BCUT2D eigenvalue weighted by molar-refractivity contribution is 0.103. The van der Waals surface area contributed by atoms with Crippen LogP contribution in [0, 0.1) is 6.92 Å². The van der Waals surface area contributed by atoms with Crippen molar-refractivity contribution in [2.75, 3.05) is 19.5 Å². The number of hydrogen-bond acceptors (Lipinski definition) is 5. The number of ether oxygens (including phenoxy) is 2. The van der Waals surface area contributed by atoms with Gasteiger partial charge in [-0.1, -0.05) is 18.2 Å². The molecule has 0 saturated heterocycles. The van der Waals surface area contributed by atoms with Crippen LogP contribution in [0.5, 0.6) is 11.5 Å². The number of anilines is 1. The van der Waals surface area contributed by atoms with Crippen molar-refractivity contribution in [1.82, 2.24) is 9.78 Å². The van der Waals surface area contributed by atoms with Crippen molar-refractivity contribution < 1.29 is 14.3 Å². The largest absolute Gasteiger partial charge is 0.493 e. The number of carbonyl (C=O) groups is 1. The number of hydrogen-bond donors (Lipinski definition) is 1. The SMILES string of the molecule is COc1ccc(NC(=O)c2cc3c(s2)-c2c(C)nn(-c4ccccc4)c2CC3)cc1OC. The number of amides is 1. The molecule has 0 atom stereocenters. The van der Waals surface area contributed by atoms with Gasteiger partial charge in [0.2, 0.25) is 0 Å². The predicted octanol–water partition coefficient (Wildman–Crippen LogP) is 5.28. The van der Waals surface area contributed by atoms with Gasteiger partial charge in [-0.15, -0.1) is 11.3 Å². The molecule has 1 aliphatic rings. The standard InChI is InChI=1S/C25H23N3O3S/c1-15-23-19(28(27-15)18-7-5-4-6-8-18)11-9-16-13-22(32-24(16)23)25(29)26-17-10-12-20(30-2)21(14-17)31-3/h4-8,10,12-14H,9,11H2,1-3H3,(H,26,29). The van der Waals surface area contributed by atoms with Crippen molar-refractivity contribution in [2.45, 2.75) is 19.8 Å². The fourth-order valence-electron chi connectivity index (χ4n) is 4.18. The summed E-state index contributed by atoms with van der Waals surface area (Å²) in [5.74, 6) is 1.06. The van der Waals surface area contributed by atoms with Crippen molar-refractivity contribution in [3.8, 4) is 27.6 Å². The highest BCUT2D eigenvalue weighted by Crippen LogP contribution is 2.42. The number of nitrogens with zero attached hydrogens (tertiary/aromatic N) is 2. The van der Waals surface area contributed by atoms with Crippen LogP contribution >= 0.6 is 11.3 Å². The smallest absolute Gasteiger partial charge is 0.265 e. The zero-order valence-corrected chi connectivity index (χ0v) is 19.0. The van der Waals surface area contributed by atoms with E-state index in [-0.39, 0.29) is 5.91 Å². The molecular formula is C25H23N3O3S. The molecule has 0 radical (unpaired) electrons. The highest BCUT2D eigenvalue weighted by molar-refractivity contribution is 7.17. The number of thiophene rings is 1. The van der Waals surface area contributed by atoms with Crippen LogP contribution < -0.4 is 14.8 Å². The van der Waals surface area contributed by atoms with Gasteiger partial charge < -0.3 is 14.8 Å². The lowest BCUT2D eigenvalue weighted by Crippen LogP contribution is -2.10. The first-order valence-electron chi connectivity index (χ1n) is 10.4. The van der Waals surface area contributed by atoms with Crippen LogP contribution in [0.2, 0.25) is 0 Å². The molecule has 2 aromatic carbocycles. The van der Waals surface area contributed by atoms with Crippen LogP contribution in [0.15, 0.2) is 54.6 Å². The molecule has 4 aromatic rings. The lowest BCUT2D eigenvalue weighted by Gasteiger charge is -2.14. The van der Waals surface area contributed by atoms with Crippen LogP contribution in [0.4, 0.5) is 5.69 Å². The van der Waals surface area contributed by atoms with Gasteiger partial charge in [-0.2, -0.15) is 5.10 Å². The van der Waals surface area contributed by atoms with E-state index < -0.39 is 0 Å². The van der Waals surface area contributed by atoms with E-state index in [0.29, 0.717) is 22.1 Å². The minimum atomic E-state index is -0.133. The Kier molecular flexibility index (Phi) is 5.19. The minimum absolute atomic E-state index is 0.133. The molecule has 5 rings (SSSR count). The Morgan fingerprint density at radius 3 is 2.56 bits per heavy atom. The van der Waals surface area contributed by atoms with Gasteiger partial charge in [-0.25, -0.2) is 4.68 Å². The predicted molar refractivity (Wildman–Crippen MR) is 127 cm³/mol. The number of fused-ring (bicyclic) bond motifs is 3. The molecule has 7 heteroatoms. The summed E-state index contributed by atoms with van der Waals surface area (Å²) in [6.45, 7) is 2.04. The van der Waals surface area contributed by atoms with Crippen molar-refractivity contribution in [3.63, 3.8) is 0 Å². The van der Waals surface area contributed by atoms with Crippen molar-refractivity contribution in [1.29, 1.82) is 0 Å². The monoisotopic (exact) mass is 445 g/mol. The van der Waals surface area contributed by atoms with E-state index in [0.717, 1.165) is 34.7 Å². The molecule has 1 N–H and O–H groups in total. The number of nitrogens with one attached hydrogen (secondary N) is 1. The van der Waals surface area contributed by atoms with Crippen molar-refractivity contribution >= 4 is 22.9 Å². The zero-order chi connectivity index (χ0) is 22.2. The first kappa shape index (κ1) is 20.3. The Balaban J connectivity index is 1.46. The van der Waals surface area contributed by atoms with Gasteiger partial charge in [-0.05, 0) is 55.7 Å². The fraction of sp³-hybridized carbons (Fsp3) is 0.200. The summed E-state index contributed by atoms with van der Waals surface area (Å²) >= 11 is 1.52. The summed E-state index contributed by atoms with van der Waals surface area (Å²) in [7, 11) is 3.16. The second-order valence-electron chi connectivity index (χ2n) is 7.64. The van der Waals surface area contributed by atoms with Gasteiger partial charge in [-0.3, -0.25) is 4.79 Å². The van der Waals surface area contributed by atoms with Crippen LogP contribution in [-0.2, 0) is 12.8 Å². The van der Waals surface area contributed by atoms with E-state index in [1.807, 2.05) is 35.9 Å². The number of carbonyl (C=O) groups excluding carboxylic acids is 1. The molecule has 32 heavy (non-hydrogen) atoms. The van der Waals surface area contributed by atoms with Gasteiger partial charge in [0.25, 0.3) is 5.91 Å². The van der Waals surface area contributed by atoms with Crippen LogP contribution in [-0.4, -0.2) is 29.9 Å². The molecule has 2 aromatic heterocycles. The number of para-hydroxylation sites is 1. The van der Waals surface area contributed by atoms with E-state index in [1.165, 1.54) is 22.6 Å². The molecule has 0 spiro atoms. The minimum Gasteiger partial charge on any atom is -0.493 e. The third-order valence-corrected chi connectivity index (χ3v) is 6.88. The van der Waals surface area contributed by atoms with E-state index in [9.17, 15) is 4.79 Å². The molecule has 0 fully saturated rings. The van der Waals surface area contributed by atoms with Crippen LogP contribution in [0.1, 0.15) is 26.6 Å². The molecule has 0 aliphatic heterocycles. The van der Waals surface area contributed by atoms with E-state index in [2.05, 4.69) is 17.4 Å². The summed E-state index contributed by atoms with van der Waals surface area (Å²) in [6, 6.07) is 17.5. The Labute approximate surface area is 190 Å². The molecular weight excluding hydrogens is 422 g/mol. The molecule has 162 valence electrons. The number of methoxy groups -OCH3 is 2. The highest BCUT2D eigenvalue weighted by Gasteiger charge is 2.27. The maximum atomic E-state index is 13.0. The third-order valence-electron chi connectivity index (χ3n) is 5.69. The molecule has 1 aliphatic carbocycles. The first-order valence-corrected chi connectivity index (χ1v) is 11.2. The molecule has 6 nitrogen and oxygen atoms in total. The van der Waals surface area contributed by atoms with Gasteiger partial charge >= 0.3 is 0 Å². The summed E-state index contributed by atoms with van der Waals surface area (Å²) in [6.07, 6.45) is 1.78. The van der Waals surface area contributed by atoms with Crippen molar-refractivity contribution in [3.05, 3.63) is 76.4 Å². The van der Waals surface area contributed by atoms with Crippen molar-refractivity contribution in [2.24, 2.45) is 0 Å². The number of rotatable bonds is 5. The second kappa shape index (κ2) is 8.16. The quantitative estimate of drug-likeness (QED) is 0.454. The third kappa shape index (κ3) is 3.44. The molecule has 2 heterocycles. The van der Waals surface area contributed by atoms with E-state index >= 15 is 0 Å². The summed E-state index contributed by atoms with van der Waals surface area (Å²) in [4.78, 5) is 14.8. The molecule has 1 amide bonds. The molecule has 0 unspecified atom stereocenters. The average molecular weight is 446 g/mol. The van der Waals surface area contributed by atoms with Crippen LogP contribution in [0.3, 0.4) is 0 Å². The fourth-order valence-corrected chi connectivity index (χ4v) is 5.41. The Morgan fingerprint density at radius 1 is 1.03 bits per heavy atom. The molecule has 0 saturated carbocycles. The normalized spacial score (nSPS) is 12.1. The lowest BCUT2D eigenvalue weighted by atomic mass is 9.95. The van der Waals surface area contributed by atoms with Gasteiger partial charge in [0, 0.05) is 22.2 Å². The van der Waals surface area contributed by atoms with Crippen LogP contribution in [0.25, 0.3) is 16.1 Å². The Hall–Kier alpha value is -3.58. The van der Waals surface area contributed by atoms with Gasteiger partial charge in [0.1, 0.15) is 0 Å². The summed E-state index contributed by atoms with van der Waals surface area (Å²) < 4.78 is 12.6. The topological polar surface area (TPSA) is 65.4 Å². The number of aryl methyl sites for hydroxylation is 2. The Bertz CT molecular complexity index is 1310. The number of aromatic nitrogens is 2. The molecule has 0 bridgehead atoms. The average Bonchev–Trinajstić information content (AvgIpc) is 3.40. The van der Waals surface area contributed by atoms with E-state index in [1.54, 1.807) is 32.4 Å². The number of benzene rings is 2. The van der Waals surface area contributed by atoms with Gasteiger partial charge in [0.05, 0.1) is 36.2 Å².